The molecule has 9 aromatic rings. The molecule has 0 unspecified atom stereocenters. The normalized spacial score (nSPS) is 12.0. The van der Waals surface area contributed by atoms with E-state index in [1.54, 1.807) is 0 Å². The first-order chi connectivity index (χ1) is 19.8. The minimum atomic E-state index is 0.691. The van der Waals surface area contributed by atoms with Gasteiger partial charge in [-0.2, -0.15) is 0 Å². The largest absolute Gasteiger partial charge is 0.456 e. The summed E-state index contributed by atoms with van der Waals surface area (Å²) >= 11 is 1.86. The van der Waals surface area contributed by atoms with Gasteiger partial charge in [0.05, 0.1) is 11.2 Å². The lowest BCUT2D eigenvalue weighted by Crippen LogP contribution is -1.95. The van der Waals surface area contributed by atoms with Crippen LogP contribution in [0.4, 0.5) is 0 Å². The SMILES string of the molecule is c1ccc2c(-c3ccc4ccc5c6ccccc6sc5c4c3)nc(-c3ccc4c(c3)oc3ccccc34)nc2c1. The molecule has 0 radical (unpaired) electrons. The smallest absolute Gasteiger partial charge is 0.160 e. The molecule has 3 aromatic heterocycles. The Morgan fingerprint density at radius 3 is 2.17 bits per heavy atom. The van der Waals surface area contributed by atoms with Gasteiger partial charge in [-0.25, -0.2) is 9.97 Å². The molecular formula is C36H20N2OS. The number of para-hydroxylation sites is 2. The Labute approximate surface area is 233 Å². The van der Waals surface area contributed by atoms with Crippen LogP contribution in [-0.4, -0.2) is 9.97 Å². The first-order valence-corrected chi connectivity index (χ1v) is 14.1. The van der Waals surface area contributed by atoms with Gasteiger partial charge in [0.25, 0.3) is 0 Å². The molecule has 0 amide bonds. The third-order valence-corrected chi connectivity index (χ3v) is 9.09. The molecule has 4 heteroatoms. The molecule has 0 atom stereocenters. The zero-order valence-electron chi connectivity index (χ0n) is 21.3. The van der Waals surface area contributed by atoms with Crippen molar-refractivity contribution in [1.82, 2.24) is 9.97 Å². The maximum atomic E-state index is 6.18. The highest BCUT2D eigenvalue weighted by atomic mass is 32.1. The van der Waals surface area contributed by atoms with Crippen LogP contribution in [0.3, 0.4) is 0 Å². The third kappa shape index (κ3) is 3.17. The first-order valence-electron chi connectivity index (χ1n) is 13.3. The Bertz CT molecular complexity index is 2450. The number of hydrogen-bond acceptors (Lipinski definition) is 4. The number of nitrogens with zero attached hydrogens (tertiary/aromatic N) is 2. The fourth-order valence-corrected chi connectivity index (χ4v) is 7.17. The average molecular weight is 529 g/mol. The third-order valence-electron chi connectivity index (χ3n) is 7.87. The van der Waals surface area contributed by atoms with E-state index in [2.05, 4.69) is 97.1 Å². The van der Waals surface area contributed by atoms with Crippen molar-refractivity contribution in [3.8, 4) is 22.6 Å². The van der Waals surface area contributed by atoms with E-state index < -0.39 is 0 Å². The minimum absolute atomic E-state index is 0.691. The molecular weight excluding hydrogens is 508 g/mol. The van der Waals surface area contributed by atoms with Gasteiger partial charge in [-0.15, -0.1) is 11.3 Å². The Balaban J connectivity index is 1.28. The standard InChI is InChI=1S/C36H20N2OS/c1-4-10-30-28(9-1)34(38-36(37-30)23-16-17-25-24-7-2-5-11-31(24)39-32(25)20-23)22-14-13-21-15-18-27-26-8-3-6-12-33(26)40-35(27)29(21)19-22/h1-20H. The number of furan rings is 1. The van der Waals surface area contributed by atoms with E-state index in [0.717, 1.165) is 49.7 Å². The van der Waals surface area contributed by atoms with Crippen LogP contribution in [0.15, 0.2) is 126 Å². The molecule has 40 heavy (non-hydrogen) atoms. The maximum Gasteiger partial charge on any atom is 0.160 e. The van der Waals surface area contributed by atoms with E-state index in [4.69, 9.17) is 14.4 Å². The van der Waals surface area contributed by atoms with Crippen molar-refractivity contribution in [2.75, 3.05) is 0 Å². The molecule has 6 aromatic carbocycles. The van der Waals surface area contributed by atoms with Crippen molar-refractivity contribution in [2.45, 2.75) is 0 Å². The average Bonchev–Trinajstić information content (AvgIpc) is 3.58. The van der Waals surface area contributed by atoms with Crippen LogP contribution in [0, 0.1) is 0 Å². The second kappa shape index (κ2) is 8.22. The van der Waals surface area contributed by atoms with Crippen molar-refractivity contribution >= 4 is 75.1 Å². The molecule has 0 aliphatic carbocycles. The lowest BCUT2D eigenvalue weighted by Gasteiger charge is -2.11. The summed E-state index contributed by atoms with van der Waals surface area (Å²) in [6.07, 6.45) is 0. The van der Waals surface area contributed by atoms with E-state index in [9.17, 15) is 0 Å². The van der Waals surface area contributed by atoms with Gasteiger partial charge >= 0.3 is 0 Å². The lowest BCUT2D eigenvalue weighted by atomic mass is 10.00. The number of benzene rings is 6. The molecule has 9 rings (SSSR count). The molecule has 0 spiro atoms. The Morgan fingerprint density at radius 2 is 1.23 bits per heavy atom. The van der Waals surface area contributed by atoms with Gasteiger partial charge < -0.3 is 4.42 Å². The van der Waals surface area contributed by atoms with Crippen molar-refractivity contribution in [2.24, 2.45) is 0 Å². The summed E-state index contributed by atoms with van der Waals surface area (Å²) in [5.41, 5.74) is 5.61. The Hall–Kier alpha value is -5.06. The topological polar surface area (TPSA) is 38.9 Å². The van der Waals surface area contributed by atoms with E-state index in [1.165, 1.54) is 30.9 Å². The molecule has 0 saturated carbocycles. The van der Waals surface area contributed by atoms with Crippen LogP contribution in [0.25, 0.3) is 86.4 Å². The van der Waals surface area contributed by atoms with Gasteiger partial charge in [0.2, 0.25) is 0 Å². The highest BCUT2D eigenvalue weighted by Crippen LogP contribution is 2.40. The van der Waals surface area contributed by atoms with Crippen molar-refractivity contribution in [3.05, 3.63) is 121 Å². The second-order valence-corrected chi connectivity index (χ2v) is 11.3. The first kappa shape index (κ1) is 21.8. The van der Waals surface area contributed by atoms with Crippen LogP contribution in [0.1, 0.15) is 0 Å². The van der Waals surface area contributed by atoms with Crippen molar-refractivity contribution in [3.63, 3.8) is 0 Å². The van der Waals surface area contributed by atoms with E-state index in [-0.39, 0.29) is 0 Å². The zero-order chi connectivity index (χ0) is 26.2. The zero-order valence-corrected chi connectivity index (χ0v) is 22.1. The van der Waals surface area contributed by atoms with Crippen LogP contribution in [0.5, 0.6) is 0 Å². The van der Waals surface area contributed by atoms with Gasteiger partial charge in [-0.05, 0) is 41.8 Å². The molecule has 0 fully saturated rings. The van der Waals surface area contributed by atoms with Crippen molar-refractivity contribution < 1.29 is 4.42 Å². The fourth-order valence-electron chi connectivity index (χ4n) is 5.94. The fraction of sp³-hybridized carbons (Fsp3) is 0. The molecule has 0 N–H and O–H groups in total. The number of fused-ring (bicyclic) bond motifs is 9. The van der Waals surface area contributed by atoms with Crippen LogP contribution >= 0.6 is 11.3 Å². The second-order valence-electron chi connectivity index (χ2n) is 10.2. The number of rotatable bonds is 2. The van der Waals surface area contributed by atoms with E-state index in [1.807, 2.05) is 35.6 Å². The highest BCUT2D eigenvalue weighted by Gasteiger charge is 2.15. The molecule has 0 bridgehead atoms. The maximum absolute atomic E-state index is 6.18. The predicted octanol–water partition coefficient (Wildman–Crippen LogP) is 10.4. The summed E-state index contributed by atoms with van der Waals surface area (Å²) in [6, 6.07) is 42.5. The van der Waals surface area contributed by atoms with Crippen LogP contribution < -0.4 is 0 Å². The molecule has 0 aliphatic rings. The summed E-state index contributed by atoms with van der Waals surface area (Å²) in [4.78, 5) is 10.2. The molecule has 3 heterocycles. The van der Waals surface area contributed by atoms with Gasteiger partial charge in [-0.1, -0.05) is 84.9 Å². The van der Waals surface area contributed by atoms with Crippen LogP contribution in [0.2, 0.25) is 0 Å². The highest BCUT2D eigenvalue weighted by molar-refractivity contribution is 7.26. The summed E-state index contributed by atoms with van der Waals surface area (Å²) < 4.78 is 8.80. The molecule has 0 saturated heterocycles. The summed E-state index contributed by atoms with van der Waals surface area (Å²) in [7, 11) is 0. The van der Waals surface area contributed by atoms with Gasteiger partial charge in [0.1, 0.15) is 11.2 Å². The van der Waals surface area contributed by atoms with Gasteiger partial charge in [0, 0.05) is 52.8 Å². The monoisotopic (exact) mass is 528 g/mol. The van der Waals surface area contributed by atoms with E-state index >= 15 is 0 Å². The number of thiophene rings is 1. The quantitative estimate of drug-likeness (QED) is 0.224. The Kier molecular flexibility index (Phi) is 4.48. The van der Waals surface area contributed by atoms with Gasteiger partial charge in [-0.3, -0.25) is 0 Å². The Morgan fingerprint density at radius 1 is 0.500 bits per heavy atom. The minimum Gasteiger partial charge on any atom is -0.456 e. The van der Waals surface area contributed by atoms with Crippen molar-refractivity contribution in [1.29, 1.82) is 0 Å². The number of hydrogen-bond donors (Lipinski definition) is 0. The van der Waals surface area contributed by atoms with Crippen LogP contribution in [-0.2, 0) is 0 Å². The molecule has 186 valence electrons. The predicted molar refractivity (Wildman–Crippen MR) is 168 cm³/mol. The number of aromatic nitrogens is 2. The lowest BCUT2D eigenvalue weighted by molar-refractivity contribution is 0.669. The van der Waals surface area contributed by atoms with E-state index in [0.29, 0.717) is 5.82 Å². The van der Waals surface area contributed by atoms with Gasteiger partial charge in [0.15, 0.2) is 5.82 Å². The molecule has 0 aliphatic heterocycles. The molecule has 3 nitrogen and oxygen atoms in total. The summed E-state index contributed by atoms with van der Waals surface area (Å²) in [5.74, 6) is 0.691. The summed E-state index contributed by atoms with van der Waals surface area (Å²) in [5, 5.41) is 8.36. The summed E-state index contributed by atoms with van der Waals surface area (Å²) in [6.45, 7) is 0.